The third-order valence-electron chi connectivity index (χ3n) is 7.96. The number of hydrogen-bond acceptors (Lipinski definition) is 7. The molecule has 1 aliphatic carbocycles. The molecule has 0 N–H and O–H groups in total. The molecule has 4 rings (SSSR count). The van der Waals surface area contributed by atoms with E-state index >= 15 is 0 Å². The molecule has 0 amide bonds. The Morgan fingerprint density at radius 2 is 1.38 bits per heavy atom. The predicted molar refractivity (Wildman–Crippen MR) is 160 cm³/mol. The Balaban J connectivity index is 1.81. The average Bonchev–Trinajstić information content (AvgIpc) is 3.23. The van der Waals surface area contributed by atoms with Crippen molar-refractivity contribution in [2.75, 3.05) is 0 Å². The molecule has 1 aliphatic rings. The first kappa shape index (κ1) is 35.2. The van der Waals surface area contributed by atoms with Gasteiger partial charge in [0, 0.05) is 5.41 Å². The van der Waals surface area contributed by atoms with Gasteiger partial charge in [0.1, 0.15) is 11.5 Å². The molecule has 3 aromatic rings. The van der Waals surface area contributed by atoms with Gasteiger partial charge in [-0.3, -0.25) is 0 Å². The maximum absolute atomic E-state index is 13.2. The van der Waals surface area contributed by atoms with Crippen LogP contribution >= 0.6 is 12.3 Å². The molecule has 0 saturated carbocycles. The zero-order valence-corrected chi connectivity index (χ0v) is 26.4. The zero-order valence-electron chi connectivity index (χ0n) is 24.7. The van der Waals surface area contributed by atoms with Crippen LogP contribution in [0.15, 0.2) is 48.5 Å². The minimum absolute atomic E-state index is 0.0106. The second-order valence-corrected chi connectivity index (χ2v) is 13.0. The molecule has 6 nitrogen and oxygen atoms in total. The molecule has 3 aromatic carbocycles. The lowest BCUT2D eigenvalue weighted by atomic mass is 9.69. The summed E-state index contributed by atoms with van der Waals surface area (Å²) < 4.78 is 114. The average molecular weight is 681 g/mol. The summed E-state index contributed by atoms with van der Waals surface area (Å²) in [5.74, 6) is -0.207. The molecule has 0 spiro atoms. The molecule has 248 valence electrons. The Morgan fingerprint density at radius 3 is 1.98 bits per heavy atom. The van der Waals surface area contributed by atoms with Gasteiger partial charge in [-0.15, -0.1) is 22.4 Å². The lowest BCUT2D eigenvalue weighted by Gasteiger charge is -2.34. The number of hydrogen-bond donors (Lipinski definition) is 0. The highest BCUT2D eigenvalue weighted by Crippen LogP contribution is 2.57. The highest BCUT2D eigenvalue weighted by atomic mass is 32.2. The molecule has 14 heteroatoms. The van der Waals surface area contributed by atoms with E-state index in [0.717, 1.165) is 78.8 Å². The van der Waals surface area contributed by atoms with E-state index in [1.807, 2.05) is 12.1 Å². The monoisotopic (exact) mass is 680 g/mol. The smallest absolute Gasteiger partial charge is 0.399 e. The van der Waals surface area contributed by atoms with Crippen LogP contribution < -0.4 is 8.37 Å². The van der Waals surface area contributed by atoms with Gasteiger partial charge in [-0.1, -0.05) is 89.5 Å². The van der Waals surface area contributed by atoms with Crippen LogP contribution in [0.25, 0.3) is 21.9 Å². The van der Waals surface area contributed by atoms with Crippen LogP contribution in [0.2, 0.25) is 0 Å². The Morgan fingerprint density at radius 1 is 0.756 bits per heavy atom. The summed E-state index contributed by atoms with van der Waals surface area (Å²) >= 11 is 0.0106. The minimum Gasteiger partial charge on any atom is -0.399 e. The molecular formula is C31H34F6O6S2. The van der Waals surface area contributed by atoms with Gasteiger partial charge in [0.25, 0.3) is 12.3 Å². The van der Waals surface area contributed by atoms with Gasteiger partial charge in [-0.2, -0.15) is 21.6 Å². The van der Waals surface area contributed by atoms with Crippen molar-refractivity contribution in [1.29, 1.82) is 0 Å². The number of fused-ring (bicyclic) bond motifs is 5. The fraction of sp³-hybridized carbons (Fsp3) is 0.484. The molecular weight excluding hydrogens is 646 g/mol. The van der Waals surface area contributed by atoms with Crippen molar-refractivity contribution >= 4 is 33.2 Å². The largest absolute Gasteiger partial charge is 0.550 e. The second kappa shape index (κ2) is 14.4. The maximum atomic E-state index is 13.2. The number of rotatable bonds is 16. The second-order valence-electron chi connectivity index (χ2n) is 11.0. The van der Waals surface area contributed by atoms with Crippen LogP contribution in [0.5, 0.6) is 11.5 Å². The molecule has 0 radical (unpaired) electrons. The first-order valence-electron chi connectivity index (χ1n) is 14.7. The van der Waals surface area contributed by atoms with E-state index in [2.05, 4.69) is 27.3 Å². The van der Waals surface area contributed by atoms with Gasteiger partial charge in [-0.05, 0) is 70.1 Å². The van der Waals surface area contributed by atoms with Gasteiger partial charge in [-0.25, -0.2) is 0 Å². The van der Waals surface area contributed by atoms with Gasteiger partial charge < -0.3 is 8.37 Å². The van der Waals surface area contributed by atoms with Gasteiger partial charge in [0.2, 0.25) is 0 Å². The fourth-order valence-electron chi connectivity index (χ4n) is 6.07. The van der Waals surface area contributed by atoms with E-state index in [-0.39, 0.29) is 18.1 Å². The lowest BCUT2D eigenvalue weighted by Crippen LogP contribution is -2.28. The van der Waals surface area contributed by atoms with E-state index in [4.69, 9.17) is 4.18 Å². The van der Waals surface area contributed by atoms with Gasteiger partial charge >= 0.3 is 22.0 Å². The van der Waals surface area contributed by atoms with Crippen LogP contribution in [-0.4, -0.2) is 20.3 Å². The summed E-state index contributed by atoms with van der Waals surface area (Å²) in [5, 5.41) is 1.56. The third-order valence-corrected chi connectivity index (χ3v) is 9.32. The Labute approximate surface area is 262 Å². The quantitative estimate of drug-likeness (QED) is 0.0284. The van der Waals surface area contributed by atoms with E-state index in [0.29, 0.717) is 18.4 Å². The van der Waals surface area contributed by atoms with E-state index in [1.165, 1.54) is 12.1 Å². The normalized spacial score (nSPS) is 14.4. The number of alkyl halides is 6. The third kappa shape index (κ3) is 8.19. The van der Waals surface area contributed by atoms with Gasteiger partial charge in [0.05, 0.1) is 0 Å². The summed E-state index contributed by atoms with van der Waals surface area (Å²) in [6.45, 7) is 4.19. The number of halogens is 6. The lowest BCUT2D eigenvalue weighted by molar-refractivity contribution is -0.441. The molecule has 0 aliphatic heterocycles. The van der Waals surface area contributed by atoms with Crippen LogP contribution in [-0.2, 0) is 24.8 Å². The summed E-state index contributed by atoms with van der Waals surface area (Å²) in [6, 6.07) is 13.0. The molecule has 0 aromatic heterocycles. The molecule has 0 atom stereocenters. The summed E-state index contributed by atoms with van der Waals surface area (Å²) in [7, 11) is -5.88. The van der Waals surface area contributed by atoms with Gasteiger partial charge in [0.15, 0.2) is 0 Å². The fourth-order valence-corrected chi connectivity index (χ4v) is 6.84. The Bertz CT molecular complexity index is 1560. The number of unbranched alkanes of at least 4 members (excludes halogenated alkanes) is 6. The van der Waals surface area contributed by atoms with Crippen molar-refractivity contribution in [1.82, 2.24) is 0 Å². The highest BCUT2D eigenvalue weighted by Gasteiger charge is 2.49. The molecule has 0 heterocycles. The first-order chi connectivity index (χ1) is 21.2. The molecule has 0 saturated heterocycles. The maximum Gasteiger partial charge on any atom is 0.550 e. The molecule has 0 unspecified atom stereocenters. The van der Waals surface area contributed by atoms with Crippen molar-refractivity contribution in [3.63, 3.8) is 0 Å². The van der Waals surface area contributed by atoms with Crippen LogP contribution in [0, 0.1) is 0 Å². The minimum atomic E-state index is -5.88. The Kier molecular flexibility index (Phi) is 11.3. The van der Waals surface area contributed by atoms with Crippen molar-refractivity contribution in [2.24, 2.45) is 0 Å². The summed E-state index contributed by atoms with van der Waals surface area (Å²) in [4.78, 5) is 3.26. The van der Waals surface area contributed by atoms with Crippen LogP contribution in [0.4, 0.5) is 26.3 Å². The summed E-state index contributed by atoms with van der Waals surface area (Å²) in [5.41, 5.74) is -2.91. The van der Waals surface area contributed by atoms with E-state index in [1.54, 1.807) is 24.3 Å². The SMILES string of the molecule is CCCCCCC1(CCCCCC)c2cc(OS(=O)(=O)C(F)(F)F)ccc2-c2ccc3cc(OSOOC(F)(F)F)ccc3c21. The van der Waals surface area contributed by atoms with Crippen molar-refractivity contribution in [3.05, 3.63) is 59.7 Å². The molecule has 0 fully saturated rings. The highest BCUT2D eigenvalue weighted by molar-refractivity contribution is 7.90. The summed E-state index contributed by atoms with van der Waals surface area (Å²) in [6.07, 6.45) is 3.92. The molecule has 45 heavy (non-hydrogen) atoms. The Hall–Kier alpha value is -2.68. The van der Waals surface area contributed by atoms with Crippen molar-refractivity contribution < 1.29 is 52.3 Å². The van der Waals surface area contributed by atoms with Crippen LogP contribution in [0.1, 0.15) is 89.2 Å². The standard InChI is InChI=1S/C31H34F6O6S2/c1-3-5-7-9-17-29(18-10-8-6-4-2)27-20-23(41-45(38,39)31(35,36)37)13-16-25(27)26-14-11-21-19-22(12-15-24(21)28(26)29)40-44-43-42-30(32,33)34/h11-16,19-20H,3-10,17-18H2,1-2H3. The number of benzene rings is 3. The molecule has 0 bridgehead atoms. The van der Waals surface area contributed by atoms with Crippen LogP contribution in [0.3, 0.4) is 0 Å². The van der Waals surface area contributed by atoms with E-state index < -0.39 is 33.2 Å². The van der Waals surface area contributed by atoms with Crippen molar-refractivity contribution in [2.45, 2.75) is 95.3 Å². The zero-order chi connectivity index (χ0) is 32.9. The topological polar surface area (TPSA) is 71.1 Å². The predicted octanol–water partition coefficient (Wildman–Crippen LogP) is 10.7. The van der Waals surface area contributed by atoms with Crippen molar-refractivity contribution in [3.8, 4) is 22.6 Å². The van der Waals surface area contributed by atoms with E-state index in [9.17, 15) is 34.8 Å². The first-order valence-corrected chi connectivity index (χ1v) is 16.8.